The van der Waals surface area contributed by atoms with Crippen molar-refractivity contribution < 1.29 is 15.0 Å². The molecule has 0 radical (unpaired) electrons. The SMILES string of the molecule is CC(C)Nc1nc(N)c(C(=O)N(CCO)CCO)s1. The number of carbonyl (C=O) groups is 1. The van der Waals surface area contributed by atoms with Crippen LogP contribution >= 0.6 is 11.3 Å². The first-order valence-electron chi connectivity index (χ1n) is 6.03. The Morgan fingerprint density at radius 2 is 2.00 bits per heavy atom. The van der Waals surface area contributed by atoms with Crippen LogP contribution < -0.4 is 11.1 Å². The molecule has 0 aliphatic carbocycles. The second-order valence-electron chi connectivity index (χ2n) is 4.27. The van der Waals surface area contributed by atoms with Crippen LogP contribution in [0.1, 0.15) is 23.5 Å². The van der Waals surface area contributed by atoms with Gasteiger partial charge in [-0.3, -0.25) is 4.79 Å². The highest BCUT2D eigenvalue weighted by molar-refractivity contribution is 7.18. The first-order valence-corrected chi connectivity index (χ1v) is 6.85. The monoisotopic (exact) mass is 288 g/mol. The predicted molar refractivity (Wildman–Crippen MR) is 75.4 cm³/mol. The summed E-state index contributed by atoms with van der Waals surface area (Å²) in [5.74, 6) is -0.158. The highest BCUT2D eigenvalue weighted by Crippen LogP contribution is 2.26. The van der Waals surface area contributed by atoms with Gasteiger partial charge >= 0.3 is 0 Å². The van der Waals surface area contributed by atoms with Gasteiger partial charge in [0.1, 0.15) is 10.7 Å². The lowest BCUT2D eigenvalue weighted by atomic mass is 10.4. The summed E-state index contributed by atoms with van der Waals surface area (Å²) in [6, 6.07) is 0.194. The number of hydrogen-bond donors (Lipinski definition) is 4. The summed E-state index contributed by atoms with van der Waals surface area (Å²) in [5.41, 5.74) is 5.73. The van der Waals surface area contributed by atoms with E-state index in [1.807, 2.05) is 13.8 Å². The minimum absolute atomic E-state index is 0.156. The topological polar surface area (TPSA) is 112 Å². The first-order chi connectivity index (χ1) is 8.99. The Kier molecular flexibility index (Phi) is 6.00. The molecule has 7 nitrogen and oxygen atoms in total. The number of thiazole rings is 1. The van der Waals surface area contributed by atoms with Crippen molar-refractivity contribution in [3.05, 3.63) is 4.88 Å². The van der Waals surface area contributed by atoms with Gasteiger partial charge in [0.05, 0.1) is 13.2 Å². The Morgan fingerprint density at radius 3 is 2.47 bits per heavy atom. The van der Waals surface area contributed by atoms with Gasteiger partial charge in [-0.05, 0) is 13.8 Å². The molecule has 0 aromatic carbocycles. The number of nitrogens with one attached hydrogen (secondary N) is 1. The van der Waals surface area contributed by atoms with Crippen LogP contribution in [-0.4, -0.2) is 58.3 Å². The van der Waals surface area contributed by atoms with E-state index in [0.717, 1.165) is 0 Å². The van der Waals surface area contributed by atoms with Gasteiger partial charge in [-0.1, -0.05) is 11.3 Å². The van der Waals surface area contributed by atoms with Crippen molar-refractivity contribution in [2.75, 3.05) is 37.4 Å². The van der Waals surface area contributed by atoms with Crippen LogP contribution in [0.2, 0.25) is 0 Å². The summed E-state index contributed by atoms with van der Waals surface area (Å²) in [6.45, 7) is 3.91. The van der Waals surface area contributed by atoms with E-state index in [-0.39, 0.29) is 44.1 Å². The summed E-state index contributed by atoms with van der Waals surface area (Å²) >= 11 is 1.17. The number of aromatic nitrogens is 1. The zero-order chi connectivity index (χ0) is 14.4. The minimum atomic E-state index is -0.324. The maximum Gasteiger partial charge on any atom is 0.268 e. The molecular weight excluding hydrogens is 268 g/mol. The number of hydrogen-bond acceptors (Lipinski definition) is 7. The molecule has 1 amide bonds. The zero-order valence-electron chi connectivity index (χ0n) is 11.1. The van der Waals surface area contributed by atoms with Crippen molar-refractivity contribution in [1.82, 2.24) is 9.88 Å². The fourth-order valence-electron chi connectivity index (χ4n) is 1.49. The molecule has 8 heteroatoms. The molecular formula is C11H20N4O3S. The average molecular weight is 288 g/mol. The Bertz CT molecular complexity index is 416. The van der Waals surface area contributed by atoms with Crippen LogP contribution in [0.25, 0.3) is 0 Å². The molecule has 19 heavy (non-hydrogen) atoms. The number of anilines is 2. The fourth-order valence-corrected chi connectivity index (χ4v) is 2.49. The number of nitrogens with two attached hydrogens (primary N) is 1. The molecule has 0 aliphatic rings. The molecule has 1 aromatic heterocycles. The third-order valence-electron chi connectivity index (χ3n) is 2.29. The fraction of sp³-hybridized carbons (Fsp3) is 0.636. The van der Waals surface area contributed by atoms with E-state index in [9.17, 15) is 4.79 Å². The predicted octanol–water partition coefficient (Wildman–Crippen LogP) is -0.0276. The van der Waals surface area contributed by atoms with Crippen LogP contribution in [-0.2, 0) is 0 Å². The van der Waals surface area contributed by atoms with Crippen molar-refractivity contribution in [2.24, 2.45) is 0 Å². The minimum Gasteiger partial charge on any atom is -0.395 e. The molecule has 0 saturated heterocycles. The third kappa shape index (κ3) is 4.34. The van der Waals surface area contributed by atoms with Crippen molar-refractivity contribution in [3.8, 4) is 0 Å². The van der Waals surface area contributed by atoms with E-state index >= 15 is 0 Å². The molecule has 0 spiro atoms. The normalized spacial score (nSPS) is 10.8. The largest absolute Gasteiger partial charge is 0.395 e. The van der Waals surface area contributed by atoms with Gasteiger partial charge in [-0.25, -0.2) is 4.98 Å². The quantitative estimate of drug-likeness (QED) is 0.561. The standard InChI is InChI=1S/C11H20N4O3S/c1-7(2)13-11-14-9(12)8(19-11)10(18)15(3-5-16)4-6-17/h7,16-17H,3-6,12H2,1-2H3,(H,13,14). The molecule has 1 heterocycles. The number of carbonyl (C=O) groups excluding carboxylic acids is 1. The van der Waals surface area contributed by atoms with E-state index in [2.05, 4.69) is 10.3 Å². The van der Waals surface area contributed by atoms with Gasteiger partial charge in [0.2, 0.25) is 0 Å². The summed E-state index contributed by atoms with van der Waals surface area (Å²) in [6.07, 6.45) is 0. The number of rotatable bonds is 7. The van der Waals surface area contributed by atoms with Gasteiger partial charge < -0.3 is 26.2 Å². The van der Waals surface area contributed by atoms with Crippen LogP contribution in [0.15, 0.2) is 0 Å². The van der Waals surface area contributed by atoms with Gasteiger partial charge in [-0.15, -0.1) is 0 Å². The highest BCUT2D eigenvalue weighted by atomic mass is 32.1. The van der Waals surface area contributed by atoms with Crippen molar-refractivity contribution in [1.29, 1.82) is 0 Å². The summed E-state index contributed by atoms with van der Waals surface area (Å²) < 4.78 is 0. The lowest BCUT2D eigenvalue weighted by molar-refractivity contribution is 0.0690. The third-order valence-corrected chi connectivity index (χ3v) is 3.28. The molecule has 108 valence electrons. The van der Waals surface area contributed by atoms with Crippen LogP contribution in [0.5, 0.6) is 0 Å². The van der Waals surface area contributed by atoms with E-state index in [0.29, 0.717) is 10.0 Å². The first kappa shape index (κ1) is 15.7. The van der Waals surface area contributed by atoms with E-state index in [4.69, 9.17) is 15.9 Å². The molecule has 0 bridgehead atoms. The lowest BCUT2D eigenvalue weighted by Gasteiger charge is -2.19. The zero-order valence-corrected chi connectivity index (χ0v) is 11.9. The highest BCUT2D eigenvalue weighted by Gasteiger charge is 2.21. The second-order valence-corrected chi connectivity index (χ2v) is 5.27. The summed E-state index contributed by atoms with van der Waals surface area (Å²) in [4.78, 5) is 18.0. The maximum atomic E-state index is 12.2. The smallest absolute Gasteiger partial charge is 0.268 e. The summed E-state index contributed by atoms with van der Waals surface area (Å²) in [7, 11) is 0. The van der Waals surface area contributed by atoms with Gasteiger partial charge in [0.25, 0.3) is 5.91 Å². The van der Waals surface area contributed by atoms with E-state index < -0.39 is 0 Å². The second kappa shape index (κ2) is 7.27. The molecule has 0 aliphatic heterocycles. The van der Waals surface area contributed by atoms with E-state index in [1.54, 1.807) is 0 Å². The Labute approximate surface area is 116 Å². The maximum absolute atomic E-state index is 12.2. The number of aliphatic hydroxyl groups is 2. The Balaban J connectivity index is 2.87. The number of aliphatic hydroxyl groups excluding tert-OH is 2. The van der Waals surface area contributed by atoms with Crippen molar-refractivity contribution >= 4 is 28.2 Å². The molecule has 0 atom stereocenters. The van der Waals surface area contributed by atoms with Gasteiger partial charge in [0.15, 0.2) is 5.13 Å². The molecule has 1 aromatic rings. The van der Waals surface area contributed by atoms with Gasteiger partial charge in [0, 0.05) is 19.1 Å². The van der Waals surface area contributed by atoms with Crippen molar-refractivity contribution in [2.45, 2.75) is 19.9 Å². The Morgan fingerprint density at radius 1 is 1.42 bits per heavy atom. The molecule has 0 saturated carbocycles. The molecule has 0 unspecified atom stereocenters. The average Bonchev–Trinajstić information content (AvgIpc) is 2.68. The Hall–Kier alpha value is -1.38. The molecule has 0 fully saturated rings. The number of amides is 1. The lowest BCUT2D eigenvalue weighted by Crippen LogP contribution is -2.35. The number of nitrogen functional groups attached to an aromatic ring is 1. The van der Waals surface area contributed by atoms with Crippen LogP contribution in [0.4, 0.5) is 10.9 Å². The van der Waals surface area contributed by atoms with Crippen LogP contribution in [0, 0.1) is 0 Å². The summed E-state index contributed by atoms with van der Waals surface area (Å²) in [5, 5.41) is 21.5. The number of nitrogens with zero attached hydrogens (tertiary/aromatic N) is 2. The van der Waals surface area contributed by atoms with Crippen molar-refractivity contribution in [3.63, 3.8) is 0 Å². The van der Waals surface area contributed by atoms with Gasteiger partial charge in [-0.2, -0.15) is 0 Å². The molecule has 1 rings (SSSR count). The van der Waals surface area contributed by atoms with Crippen LogP contribution in [0.3, 0.4) is 0 Å². The molecule has 5 N–H and O–H groups in total. The van der Waals surface area contributed by atoms with E-state index in [1.165, 1.54) is 16.2 Å².